The minimum absolute atomic E-state index is 0.400. The fourth-order valence-corrected chi connectivity index (χ4v) is 1.21. The highest BCUT2D eigenvalue weighted by Gasteiger charge is 1.97. The molecule has 0 aromatic carbocycles. The number of halogens is 1. The van der Waals surface area contributed by atoms with Crippen LogP contribution in [0.5, 0.6) is 5.88 Å². The lowest BCUT2D eigenvalue weighted by Gasteiger charge is -2.03. The van der Waals surface area contributed by atoms with Crippen LogP contribution in [0.1, 0.15) is 5.69 Å². The molecule has 0 atom stereocenters. The normalized spacial score (nSPS) is 9.93. The first-order chi connectivity index (χ1) is 7.34. The summed E-state index contributed by atoms with van der Waals surface area (Å²) in [5.74, 6) is 0.490. The largest absolute Gasteiger partial charge is 0.470 e. The van der Waals surface area contributed by atoms with E-state index in [1.165, 1.54) is 0 Å². The monoisotopic (exact) mass is 265 g/mol. The van der Waals surface area contributed by atoms with Crippen LogP contribution in [-0.4, -0.2) is 15.0 Å². The maximum Gasteiger partial charge on any atom is 0.232 e. The number of aromatic nitrogens is 3. The fourth-order valence-electron chi connectivity index (χ4n) is 1.01. The minimum Gasteiger partial charge on any atom is -0.470 e. The SMILES string of the molecule is Brc1cnc(OCc2ccccn2)cn1. The molecule has 0 radical (unpaired) electrons. The summed E-state index contributed by atoms with van der Waals surface area (Å²) in [7, 11) is 0. The Kier molecular flexibility index (Phi) is 3.24. The Hall–Kier alpha value is -1.49. The maximum atomic E-state index is 5.39. The highest BCUT2D eigenvalue weighted by molar-refractivity contribution is 9.10. The molecule has 0 amide bonds. The first-order valence-corrected chi connectivity index (χ1v) is 5.14. The summed E-state index contributed by atoms with van der Waals surface area (Å²) in [5.41, 5.74) is 0.863. The molecule has 0 aliphatic rings. The van der Waals surface area contributed by atoms with Crippen LogP contribution in [0, 0.1) is 0 Å². The molecule has 5 heteroatoms. The van der Waals surface area contributed by atoms with Crippen molar-refractivity contribution in [3.05, 3.63) is 47.1 Å². The van der Waals surface area contributed by atoms with Gasteiger partial charge < -0.3 is 4.74 Å². The summed E-state index contributed by atoms with van der Waals surface area (Å²) in [5, 5.41) is 0. The van der Waals surface area contributed by atoms with Crippen LogP contribution < -0.4 is 4.74 Å². The second-order valence-corrected chi connectivity index (χ2v) is 3.60. The summed E-state index contributed by atoms with van der Waals surface area (Å²) in [4.78, 5) is 12.2. The van der Waals surface area contributed by atoms with Gasteiger partial charge in [0.25, 0.3) is 0 Å². The summed E-state index contributed by atoms with van der Waals surface area (Å²) < 4.78 is 6.08. The van der Waals surface area contributed by atoms with Gasteiger partial charge >= 0.3 is 0 Å². The van der Waals surface area contributed by atoms with Crippen molar-refractivity contribution in [3.8, 4) is 5.88 Å². The fraction of sp³-hybridized carbons (Fsp3) is 0.100. The number of nitrogens with zero attached hydrogens (tertiary/aromatic N) is 3. The van der Waals surface area contributed by atoms with Crippen molar-refractivity contribution >= 4 is 15.9 Å². The molecule has 0 saturated heterocycles. The minimum atomic E-state index is 0.400. The Balaban J connectivity index is 1.96. The van der Waals surface area contributed by atoms with E-state index in [4.69, 9.17) is 4.74 Å². The molecule has 15 heavy (non-hydrogen) atoms. The lowest BCUT2D eigenvalue weighted by Crippen LogP contribution is -1.99. The van der Waals surface area contributed by atoms with Crippen molar-refractivity contribution in [2.24, 2.45) is 0 Å². The lowest BCUT2D eigenvalue weighted by molar-refractivity contribution is 0.287. The summed E-state index contributed by atoms with van der Waals surface area (Å²) in [6.45, 7) is 0.400. The lowest BCUT2D eigenvalue weighted by atomic mass is 10.4. The second kappa shape index (κ2) is 4.84. The van der Waals surface area contributed by atoms with Crippen molar-refractivity contribution in [2.45, 2.75) is 6.61 Å². The van der Waals surface area contributed by atoms with Crippen molar-refractivity contribution < 1.29 is 4.74 Å². The maximum absolute atomic E-state index is 5.39. The summed E-state index contributed by atoms with van der Waals surface area (Å²) >= 11 is 3.20. The summed E-state index contributed by atoms with van der Waals surface area (Å²) in [6, 6.07) is 5.67. The third-order valence-corrected chi connectivity index (χ3v) is 2.10. The molecule has 0 saturated carbocycles. The van der Waals surface area contributed by atoms with E-state index < -0.39 is 0 Å². The molecule has 0 aliphatic heterocycles. The van der Waals surface area contributed by atoms with Crippen LogP contribution in [0.4, 0.5) is 0 Å². The highest BCUT2D eigenvalue weighted by Crippen LogP contribution is 2.09. The highest BCUT2D eigenvalue weighted by atomic mass is 79.9. The van der Waals surface area contributed by atoms with Gasteiger partial charge in [-0.3, -0.25) is 4.98 Å². The van der Waals surface area contributed by atoms with Crippen molar-refractivity contribution in [1.82, 2.24) is 15.0 Å². The Labute approximate surface area is 95.5 Å². The molecule has 2 heterocycles. The van der Waals surface area contributed by atoms with Gasteiger partial charge in [-0.05, 0) is 28.1 Å². The molecule has 76 valence electrons. The van der Waals surface area contributed by atoms with Crippen LogP contribution in [0.2, 0.25) is 0 Å². The average molecular weight is 266 g/mol. The zero-order chi connectivity index (χ0) is 10.5. The topological polar surface area (TPSA) is 47.9 Å². The van der Waals surface area contributed by atoms with Gasteiger partial charge in [0.15, 0.2) is 0 Å². The Morgan fingerprint density at radius 2 is 2.07 bits per heavy atom. The van der Waals surface area contributed by atoms with Crippen LogP contribution in [0.3, 0.4) is 0 Å². The molecule has 0 unspecified atom stereocenters. The molecule has 0 bridgehead atoms. The number of rotatable bonds is 3. The third kappa shape index (κ3) is 2.99. The molecule has 0 spiro atoms. The van der Waals surface area contributed by atoms with E-state index in [0.717, 1.165) is 5.69 Å². The zero-order valence-corrected chi connectivity index (χ0v) is 9.39. The van der Waals surface area contributed by atoms with Crippen molar-refractivity contribution in [1.29, 1.82) is 0 Å². The number of ether oxygens (including phenoxy) is 1. The summed E-state index contributed by atoms with van der Waals surface area (Å²) in [6.07, 6.45) is 4.88. The average Bonchev–Trinajstić information content (AvgIpc) is 2.30. The van der Waals surface area contributed by atoms with Gasteiger partial charge in [0.1, 0.15) is 11.2 Å². The van der Waals surface area contributed by atoms with Crippen molar-refractivity contribution in [2.75, 3.05) is 0 Å². The van der Waals surface area contributed by atoms with Gasteiger partial charge in [-0.2, -0.15) is 0 Å². The second-order valence-electron chi connectivity index (χ2n) is 2.79. The van der Waals surface area contributed by atoms with E-state index in [2.05, 4.69) is 30.9 Å². The molecule has 2 aromatic rings. The van der Waals surface area contributed by atoms with E-state index >= 15 is 0 Å². The van der Waals surface area contributed by atoms with Crippen LogP contribution in [0.25, 0.3) is 0 Å². The van der Waals surface area contributed by atoms with Gasteiger partial charge in [0.05, 0.1) is 18.1 Å². The molecule has 2 aromatic heterocycles. The number of hydrogen-bond acceptors (Lipinski definition) is 4. The van der Waals surface area contributed by atoms with Crippen LogP contribution in [0.15, 0.2) is 41.4 Å². The molecule has 4 nitrogen and oxygen atoms in total. The van der Waals surface area contributed by atoms with Crippen molar-refractivity contribution in [3.63, 3.8) is 0 Å². The van der Waals surface area contributed by atoms with Gasteiger partial charge in [0.2, 0.25) is 5.88 Å². The molecule has 0 fully saturated rings. The Morgan fingerprint density at radius 3 is 2.73 bits per heavy atom. The predicted octanol–water partition coefficient (Wildman–Crippen LogP) is 2.21. The van der Waals surface area contributed by atoms with E-state index in [0.29, 0.717) is 17.1 Å². The molecular weight excluding hydrogens is 258 g/mol. The molecule has 0 aliphatic carbocycles. The van der Waals surface area contributed by atoms with E-state index in [-0.39, 0.29) is 0 Å². The van der Waals surface area contributed by atoms with E-state index in [1.807, 2.05) is 18.2 Å². The van der Waals surface area contributed by atoms with Gasteiger partial charge in [-0.25, -0.2) is 9.97 Å². The van der Waals surface area contributed by atoms with E-state index in [9.17, 15) is 0 Å². The molecule has 0 N–H and O–H groups in total. The smallest absolute Gasteiger partial charge is 0.232 e. The Morgan fingerprint density at radius 1 is 1.13 bits per heavy atom. The first kappa shape index (κ1) is 10.0. The zero-order valence-electron chi connectivity index (χ0n) is 7.80. The third-order valence-electron chi connectivity index (χ3n) is 1.69. The molecule has 2 rings (SSSR count). The number of pyridine rings is 1. The number of hydrogen-bond donors (Lipinski definition) is 0. The predicted molar refractivity (Wildman–Crippen MR) is 58.3 cm³/mol. The molecular formula is C10H8BrN3O. The standard InChI is InChI=1S/C10H8BrN3O/c11-9-5-14-10(6-13-9)15-7-8-3-1-2-4-12-8/h1-6H,7H2. The van der Waals surface area contributed by atoms with Crippen LogP contribution >= 0.6 is 15.9 Å². The van der Waals surface area contributed by atoms with Gasteiger partial charge in [0, 0.05) is 6.20 Å². The van der Waals surface area contributed by atoms with Crippen LogP contribution in [-0.2, 0) is 6.61 Å². The van der Waals surface area contributed by atoms with Gasteiger partial charge in [-0.15, -0.1) is 0 Å². The quantitative estimate of drug-likeness (QED) is 0.854. The van der Waals surface area contributed by atoms with E-state index in [1.54, 1.807) is 18.6 Å². The Bertz CT molecular complexity index is 418. The first-order valence-electron chi connectivity index (χ1n) is 4.35. The van der Waals surface area contributed by atoms with Gasteiger partial charge in [-0.1, -0.05) is 6.07 Å².